The first-order valence-corrected chi connectivity index (χ1v) is 11.5. The lowest BCUT2D eigenvalue weighted by Crippen LogP contribution is -2.44. The maximum Gasteiger partial charge on any atom is 0.246 e. The molecule has 0 spiro atoms. The maximum absolute atomic E-state index is 13.1. The lowest BCUT2D eigenvalue weighted by Gasteiger charge is -2.35. The Balaban J connectivity index is 2.09. The first-order chi connectivity index (χ1) is 14.2. The number of anilines is 2. The standard InChI is InChI=1S/C22H29N3O4S/c1-6-24(7-2)30(27,28)22-13-18(9-11-21(22)29-5)17-8-10-20-19(12-17)23-14-15(3)25(20)16(4)26/h8-13,15,23H,6-7,14H2,1-5H3/t15-/m0/s1. The summed E-state index contributed by atoms with van der Waals surface area (Å²) in [4.78, 5) is 14.0. The van der Waals surface area contributed by atoms with Crippen LogP contribution in [0.3, 0.4) is 0 Å². The molecule has 0 unspecified atom stereocenters. The molecule has 7 nitrogen and oxygen atoms in total. The minimum atomic E-state index is -3.68. The summed E-state index contributed by atoms with van der Waals surface area (Å²) < 4.78 is 33.0. The zero-order valence-corrected chi connectivity index (χ0v) is 18.9. The highest BCUT2D eigenvalue weighted by Gasteiger charge is 2.28. The second kappa shape index (κ2) is 8.65. The van der Waals surface area contributed by atoms with Gasteiger partial charge in [0.05, 0.1) is 24.5 Å². The summed E-state index contributed by atoms with van der Waals surface area (Å²) in [5.74, 6) is 0.313. The van der Waals surface area contributed by atoms with Crippen LogP contribution in [0.4, 0.5) is 11.4 Å². The molecule has 1 heterocycles. The molecule has 0 radical (unpaired) electrons. The van der Waals surface area contributed by atoms with Crippen LogP contribution in [0.25, 0.3) is 11.1 Å². The average Bonchev–Trinajstić information content (AvgIpc) is 2.73. The third-order valence-corrected chi connectivity index (χ3v) is 7.52. The van der Waals surface area contributed by atoms with Gasteiger partial charge in [-0.15, -0.1) is 0 Å². The Morgan fingerprint density at radius 3 is 2.40 bits per heavy atom. The highest BCUT2D eigenvalue weighted by atomic mass is 32.2. The number of methoxy groups -OCH3 is 1. The van der Waals surface area contributed by atoms with E-state index in [4.69, 9.17) is 4.74 Å². The van der Waals surface area contributed by atoms with E-state index in [2.05, 4.69) is 5.32 Å². The first-order valence-electron chi connectivity index (χ1n) is 10.1. The maximum atomic E-state index is 13.1. The number of nitrogens with one attached hydrogen (secondary N) is 1. The van der Waals surface area contributed by atoms with Gasteiger partial charge in [-0.05, 0) is 42.3 Å². The zero-order chi connectivity index (χ0) is 22.1. The molecule has 2 aromatic rings. The molecule has 3 rings (SSSR count). The fourth-order valence-electron chi connectivity index (χ4n) is 3.89. The fraction of sp³-hybridized carbons (Fsp3) is 0.409. The number of sulfonamides is 1. The first kappa shape index (κ1) is 22.1. The molecule has 1 aliphatic rings. The summed E-state index contributed by atoms with van der Waals surface area (Å²) >= 11 is 0. The molecule has 1 atom stereocenters. The molecule has 0 saturated heterocycles. The molecule has 0 aliphatic carbocycles. The molecule has 8 heteroatoms. The van der Waals surface area contributed by atoms with E-state index in [9.17, 15) is 13.2 Å². The SMILES string of the molecule is CCN(CC)S(=O)(=O)c1cc(-c2ccc3c(c2)NC[C@H](C)N3C(C)=O)ccc1OC. The van der Waals surface area contributed by atoms with Crippen molar-refractivity contribution in [3.8, 4) is 16.9 Å². The van der Waals surface area contributed by atoms with Gasteiger partial charge in [-0.2, -0.15) is 4.31 Å². The second-order valence-corrected chi connectivity index (χ2v) is 9.21. The van der Waals surface area contributed by atoms with Gasteiger partial charge >= 0.3 is 0 Å². The van der Waals surface area contributed by atoms with E-state index in [0.29, 0.717) is 25.4 Å². The van der Waals surface area contributed by atoms with Crippen LogP contribution in [-0.4, -0.2) is 51.4 Å². The third kappa shape index (κ3) is 3.89. The molecular weight excluding hydrogens is 402 g/mol. The van der Waals surface area contributed by atoms with Gasteiger partial charge in [0.15, 0.2) is 0 Å². The van der Waals surface area contributed by atoms with Crippen LogP contribution in [0, 0.1) is 0 Å². The van der Waals surface area contributed by atoms with Crippen molar-refractivity contribution >= 4 is 27.3 Å². The number of rotatable bonds is 6. The molecule has 0 saturated carbocycles. The van der Waals surface area contributed by atoms with Gasteiger partial charge < -0.3 is 15.0 Å². The van der Waals surface area contributed by atoms with Crippen LogP contribution in [0.15, 0.2) is 41.3 Å². The van der Waals surface area contributed by atoms with Crippen molar-refractivity contribution in [2.45, 2.75) is 38.6 Å². The average molecular weight is 432 g/mol. The van der Waals surface area contributed by atoms with Crippen molar-refractivity contribution in [2.75, 3.05) is 37.0 Å². The van der Waals surface area contributed by atoms with E-state index in [1.807, 2.05) is 45.0 Å². The van der Waals surface area contributed by atoms with Gasteiger partial charge in [0.25, 0.3) is 0 Å². The predicted molar refractivity (Wildman–Crippen MR) is 120 cm³/mol. The van der Waals surface area contributed by atoms with Gasteiger partial charge in [0.1, 0.15) is 10.6 Å². The number of carbonyl (C=O) groups excluding carboxylic acids is 1. The molecule has 162 valence electrons. The van der Waals surface area contributed by atoms with Gasteiger partial charge in [0, 0.05) is 26.6 Å². The number of amides is 1. The highest BCUT2D eigenvalue weighted by molar-refractivity contribution is 7.89. The van der Waals surface area contributed by atoms with Gasteiger partial charge in [-0.3, -0.25) is 4.79 Å². The molecule has 0 fully saturated rings. The van der Waals surface area contributed by atoms with Crippen molar-refractivity contribution in [1.29, 1.82) is 0 Å². The number of fused-ring (bicyclic) bond motifs is 1. The van der Waals surface area contributed by atoms with E-state index in [0.717, 1.165) is 22.5 Å². The predicted octanol–water partition coefficient (Wildman–Crippen LogP) is 3.56. The Labute approximate surface area is 178 Å². The molecule has 1 aliphatic heterocycles. The van der Waals surface area contributed by atoms with Crippen LogP contribution in [-0.2, 0) is 14.8 Å². The molecule has 0 aromatic heterocycles. The molecular formula is C22H29N3O4S. The summed E-state index contributed by atoms with van der Waals surface area (Å²) in [5, 5.41) is 3.37. The number of hydrogen-bond donors (Lipinski definition) is 1. The molecule has 30 heavy (non-hydrogen) atoms. The quantitative estimate of drug-likeness (QED) is 0.757. The Morgan fingerprint density at radius 1 is 1.17 bits per heavy atom. The summed E-state index contributed by atoms with van der Waals surface area (Å²) in [5.41, 5.74) is 3.30. The molecule has 0 bridgehead atoms. The zero-order valence-electron chi connectivity index (χ0n) is 18.1. The highest BCUT2D eigenvalue weighted by Crippen LogP contribution is 2.37. The lowest BCUT2D eigenvalue weighted by atomic mass is 10.0. The van der Waals surface area contributed by atoms with E-state index >= 15 is 0 Å². The second-order valence-electron chi connectivity index (χ2n) is 7.31. The van der Waals surface area contributed by atoms with E-state index in [-0.39, 0.29) is 16.8 Å². The largest absolute Gasteiger partial charge is 0.495 e. The minimum Gasteiger partial charge on any atom is -0.495 e. The van der Waals surface area contributed by atoms with Crippen LogP contribution in [0.5, 0.6) is 5.75 Å². The number of carbonyl (C=O) groups is 1. The third-order valence-electron chi connectivity index (χ3n) is 5.44. The summed E-state index contributed by atoms with van der Waals surface area (Å²) in [6.07, 6.45) is 0. The van der Waals surface area contributed by atoms with Crippen LogP contribution in [0.1, 0.15) is 27.7 Å². The summed E-state index contributed by atoms with van der Waals surface area (Å²) in [6, 6.07) is 11.0. The Bertz CT molecular complexity index is 1050. The van der Waals surface area contributed by atoms with Gasteiger partial charge in [0.2, 0.25) is 15.9 Å². The van der Waals surface area contributed by atoms with E-state index in [1.165, 1.54) is 11.4 Å². The monoisotopic (exact) mass is 431 g/mol. The Hall–Kier alpha value is -2.58. The van der Waals surface area contributed by atoms with Crippen molar-refractivity contribution in [3.05, 3.63) is 36.4 Å². The number of hydrogen-bond acceptors (Lipinski definition) is 5. The lowest BCUT2D eigenvalue weighted by molar-refractivity contribution is -0.116. The number of benzene rings is 2. The van der Waals surface area contributed by atoms with Crippen LogP contribution in [0.2, 0.25) is 0 Å². The van der Waals surface area contributed by atoms with E-state index in [1.54, 1.807) is 24.0 Å². The van der Waals surface area contributed by atoms with Gasteiger partial charge in [-0.1, -0.05) is 26.0 Å². The molecule has 2 aromatic carbocycles. The normalized spacial score (nSPS) is 16.2. The number of ether oxygens (including phenoxy) is 1. The van der Waals surface area contributed by atoms with Crippen LogP contribution < -0.4 is 15.0 Å². The Morgan fingerprint density at radius 2 is 1.80 bits per heavy atom. The smallest absolute Gasteiger partial charge is 0.246 e. The van der Waals surface area contributed by atoms with Crippen molar-refractivity contribution < 1.29 is 17.9 Å². The summed E-state index contributed by atoms with van der Waals surface area (Å²) in [7, 11) is -2.21. The molecule has 1 N–H and O–H groups in total. The van der Waals surface area contributed by atoms with Gasteiger partial charge in [-0.25, -0.2) is 8.42 Å². The van der Waals surface area contributed by atoms with Crippen molar-refractivity contribution in [3.63, 3.8) is 0 Å². The van der Waals surface area contributed by atoms with E-state index < -0.39 is 10.0 Å². The molecule has 1 amide bonds. The fourth-order valence-corrected chi connectivity index (χ4v) is 5.53. The summed E-state index contributed by atoms with van der Waals surface area (Å²) in [6.45, 7) is 8.61. The topological polar surface area (TPSA) is 79.0 Å². The van der Waals surface area contributed by atoms with Crippen molar-refractivity contribution in [1.82, 2.24) is 4.31 Å². The minimum absolute atomic E-state index is 0.00458. The van der Waals surface area contributed by atoms with Crippen molar-refractivity contribution in [2.24, 2.45) is 0 Å². The Kier molecular flexibility index (Phi) is 6.38. The van der Waals surface area contributed by atoms with Crippen LogP contribution >= 0.6 is 0 Å². The number of nitrogens with zero attached hydrogens (tertiary/aromatic N) is 2.